The molecule has 3 fully saturated rings. The van der Waals surface area contributed by atoms with Crippen molar-refractivity contribution in [1.82, 2.24) is 0 Å². The number of hydrogen-bond acceptors (Lipinski definition) is 6. The third-order valence-electron chi connectivity index (χ3n) is 13.7. The van der Waals surface area contributed by atoms with Crippen molar-refractivity contribution in [2.45, 2.75) is 143 Å². The van der Waals surface area contributed by atoms with Crippen LogP contribution < -0.4 is 18.9 Å². The van der Waals surface area contributed by atoms with Gasteiger partial charge in [0.25, 0.3) is 0 Å². The zero-order valence-corrected chi connectivity index (χ0v) is 34.4. The number of allylic oxidation sites excluding steroid dienone is 4. The largest absolute Gasteiger partial charge is 0.497 e. The van der Waals surface area contributed by atoms with Gasteiger partial charge in [0, 0.05) is 23.1 Å². The van der Waals surface area contributed by atoms with E-state index in [-0.39, 0.29) is 27.9 Å². The van der Waals surface area contributed by atoms with Crippen molar-refractivity contribution < 1.29 is 28.8 Å². The van der Waals surface area contributed by atoms with Crippen LogP contribution in [0.25, 0.3) is 0 Å². The van der Waals surface area contributed by atoms with E-state index >= 15 is 0 Å². The zero-order chi connectivity index (χ0) is 38.1. The Morgan fingerprint density at radius 1 is 0.769 bits per heavy atom. The summed E-state index contributed by atoms with van der Waals surface area (Å²) in [6, 6.07) is 10.3. The normalized spacial score (nSPS) is 29.9. The van der Waals surface area contributed by atoms with Crippen LogP contribution in [0.4, 0.5) is 0 Å². The average molecular weight is 717 g/mol. The van der Waals surface area contributed by atoms with Gasteiger partial charge in [-0.2, -0.15) is 0 Å². The molecule has 0 bridgehead atoms. The Kier molecular flexibility index (Phi) is 12.2. The van der Waals surface area contributed by atoms with E-state index in [4.69, 9.17) is 23.7 Å². The van der Waals surface area contributed by atoms with Crippen molar-refractivity contribution in [2.24, 2.45) is 22.7 Å². The van der Waals surface area contributed by atoms with Gasteiger partial charge in [0.1, 0.15) is 23.0 Å². The fraction of sp³-hybridized carbons (Fsp3) is 0.652. The summed E-state index contributed by atoms with van der Waals surface area (Å²) in [5.41, 5.74) is 7.42. The summed E-state index contributed by atoms with van der Waals surface area (Å²) >= 11 is 0. The minimum Gasteiger partial charge on any atom is -0.497 e. The van der Waals surface area contributed by atoms with E-state index in [1.54, 1.807) is 28.4 Å². The number of rotatable bonds is 12. The third kappa shape index (κ3) is 8.23. The molecule has 1 N–H and O–H groups in total. The molecular weight excluding hydrogens is 649 g/mol. The van der Waals surface area contributed by atoms with E-state index in [9.17, 15) is 5.11 Å². The molecule has 52 heavy (non-hydrogen) atoms. The molecule has 1 aliphatic heterocycles. The van der Waals surface area contributed by atoms with Gasteiger partial charge in [0.05, 0.1) is 46.2 Å². The lowest BCUT2D eigenvalue weighted by molar-refractivity contribution is -0.151. The molecule has 6 rings (SSSR count). The molecule has 0 aromatic heterocycles. The average Bonchev–Trinajstić information content (AvgIpc) is 3.61. The molecule has 6 nitrogen and oxygen atoms in total. The Morgan fingerprint density at radius 2 is 1.38 bits per heavy atom. The lowest BCUT2D eigenvalue weighted by atomic mass is 9.43. The van der Waals surface area contributed by atoms with Gasteiger partial charge in [-0.1, -0.05) is 51.0 Å². The number of methoxy groups -OCH3 is 4. The summed E-state index contributed by atoms with van der Waals surface area (Å²) in [6.07, 6.45) is 15.8. The highest BCUT2D eigenvalue weighted by Gasteiger charge is 2.63. The van der Waals surface area contributed by atoms with Crippen molar-refractivity contribution in [3.63, 3.8) is 0 Å². The Bertz CT molecular complexity index is 1600. The van der Waals surface area contributed by atoms with Crippen LogP contribution in [0.15, 0.2) is 53.6 Å². The second-order valence-electron chi connectivity index (χ2n) is 17.8. The molecule has 1 heterocycles. The van der Waals surface area contributed by atoms with Gasteiger partial charge in [-0.3, -0.25) is 0 Å². The standard InChI is InChI=1S/2C23H34O3/c1-21(2)17-7-9-23(4)18(22(17,3)10-8-19(21)24)12-14-11-15(25-5)13-16(26-6)20(14)23;1-17(8-7-9-18(2)11-13-22-23(3,4)26-22)10-12-19-14-20(24-5)16-21(15-19)25-6/h11,13,17-19,24H,7-10,12H2,1-6H3;9-10,14-16,22H,7-8,11-13H2,1-6H3/b;17-10+,18-9+/t17-,18+,19-,22-,23+;22-/m00/s1. The molecule has 3 aliphatic carbocycles. The van der Waals surface area contributed by atoms with Crippen LogP contribution in [0.1, 0.15) is 123 Å². The number of hydrogen-bond donors (Lipinski definition) is 1. The number of benzene rings is 2. The number of aliphatic hydroxyl groups is 1. The Balaban J connectivity index is 0.000000201. The van der Waals surface area contributed by atoms with E-state index < -0.39 is 0 Å². The monoisotopic (exact) mass is 717 g/mol. The van der Waals surface area contributed by atoms with Crippen molar-refractivity contribution in [3.8, 4) is 23.0 Å². The summed E-state index contributed by atoms with van der Waals surface area (Å²) in [5.74, 6) is 4.72. The summed E-state index contributed by atoms with van der Waals surface area (Å²) < 4.78 is 27.7. The third-order valence-corrected chi connectivity index (χ3v) is 13.7. The summed E-state index contributed by atoms with van der Waals surface area (Å²) in [4.78, 5) is 0. The molecule has 2 aromatic carbocycles. The highest BCUT2D eigenvalue weighted by molar-refractivity contribution is 5.55. The highest BCUT2D eigenvalue weighted by atomic mass is 16.6. The van der Waals surface area contributed by atoms with E-state index in [1.165, 1.54) is 40.7 Å². The SMILES string of the molecule is COc1cc(C/C=C(\C)CC/C=C(\C)CC[C@@H]2OC2(C)C)cc(OC)c1.COc1cc2c(c(OC)c1)[C@]1(C)CC[C@H]3C(C)(C)[C@@H](O)CC[C@]3(C)[C@H]1C2. The molecule has 4 aliphatic rings. The zero-order valence-electron chi connectivity index (χ0n) is 34.4. The Hall–Kier alpha value is -2.96. The van der Waals surface area contributed by atoms with Gasteiger partial charge in [-0.05, 0) is 144 Å². The Labute approximate surface area is 315 Å². The van der Waals surface area contributed by atoms with Crippen LogP contribution >= 0.6 is 0 Å². The van der Waals surface area contributed by atoms with Crippen LogP contribution in [-0.4, -0.2) is 51.4 Å². The highest BCUT2D eigenvalue weighted by Crippen LogP contribution is 2.68. The summed E-state index contributed by atoms with van der Waals surface area (Å²) in [6.45, 7) is 18.3. The lowest BCUT2D eigenvalue weighted by Gasteiger charge is -2.62. The molecule has 0 amide bonds. The molecule has 2 saturated carbocycles. The van der Waals surface area contributed by atoms with Gasteiger partial charge in [0.15, 0.2) is 0 Å². The minimum atomic E-state index is -0.177. The molecule has 288 valence electrons. The van der Waals surface area contributed by atoms with Crippen LogP contribution in [0.2, 0.25) is 0 Å². The molecule has 0 radical (unpaired) electrons. The van der Waals surface area contributed by atoms with Gasteiger partial charge < -0.3 is 28.8 Å². The van der Waals surface area contributed by atoms with E-state index in [2.05, 4.69) is 91.8 Å². The van der Waals surface area contributed by atoms with Crippen molar-refractivity contribution >= 4 is 0 Å². The number of aliphatic hydroxyl groups excluding tert-OH is 1. The van der Waals surface area contributed by atoms with E-state index in [0.29, 0.717) is 17.9 Å². The smallest absolute Gasteiger partial charge is 0.126 e. The first-order valence-electron chi connectivity index (χ1n) is 19.7. The topological polar surface area (TPSA) is 69.7 Å². The maximum atomic E-state index is 10.7. The van der Waals surface area contributed by atoms with Gasteiger partial charge in [-0.25, -0.2) is 0 Å². The second kappa shape index (κ2) is 15.8. The number of fused-ring (bicyclic) bond motifs is 5. The fourth-order valence-corrected chi connectivity index (χ4v) is 10.4. The fourth-order valence-electron chi connectivity index (χ4n) is 10.4. The van der Waals surface area contributed by atoms with Gasteiger partial charge in [-0.15, -0.1) is 0 Å². The molecule has 0 unspecified atom stereocenters. The van der Waals surface area contributed by atoms with Crippen LogP contribution in [0.3, 0.4) is 0 Å². The Morgan fingerprint density at radius 3 is 1.98 bits per heavy atom. The van der Waals surface area contributed by atoms with E-state index in [0.717, 1.165) is 74.4 Å². The summed E-state index contributed by atoms with van der Waals surface area (Å²) in [5, 5.41) is 10.7. The lowest BCUT2D eigenvalue weighted by Crippen LogP contribution is -2.58. The maximum Gasteiger partial charge on any atom is 0.126 e. The molecule has 1 saturated heterocycles. The van der Waals surface area contributed by atoms with E-state index in [1.807, 2.05) is 6.07 Å². The van der Waals surface area contributed by atoms with Crippen molar-refractivity contribution in [1.29, 1.82) is 0 Å². The van der Waals surface area contributed by atoms with Crippen LogP contribution in [0.5, 0.6) is 23.0 Å². The summed E-state index contributed by atoms with van der Waals surface area (Å²) in [7, 11) is 6.88. The predicted octanol–water partition coefficient (Wildman–Crippen LogP) is 10.6. The van der Waals surface area contributed by atoms with Gasteiger partial charge >= 0.3 is 0 Å². The maximum absolute atomic E-state index is 10.7. The molecular formula is C46H68O6. The first-order chi connectivity index (χ1) is 24.5. The van der Waals surface area contributed by atoms with Gasteiger partial charge in [0.2, 0.25) is 0 Å². The quantitative estimate of drug-likeness (QED) is 0.174. The number of ether oxygens (including phenoxy) is 5. The first kappa shape index (κ1) is 40.2. The molecule has 2 aromatic rings. The molecule has 0 spiro atoms. The van der Waals surface area contributed by atoms with Crippen LogP contribution in [-0.2, 0) is 23.0 Å². The molecule has 6 atom stereocenters. The van der Waals surface area contributed by atoms with Crippen LogP contribution in [0, 0.1) is 22.7 Å². The first-order valence-corrected chi connectivity index (χ1v) is 19.7. The number of epoxide rings is 1. The molecule has 6 heteroatoms. The second-order valence-corrected chi connectivity index (χ2v) is 17.8. The predicted molar refractivity (Wildman–Crippen MR) is 212 cm³/mol. The minimum absolute atomic E-state index is 0.00905. The van der Waals surface area contributed by atoms with Crippen molar-refractivity contribution in [3.05, 3.63) is 70.3 Å². The van der Waals surface area contributed by atoms with Crippen molar-refractivity contribution in [2.75, 3.05) is 28.4 Å².